The summed E-state index contributed by atoms with van der Waals surface area (Å²) in [4.78, 5) is 0. The molecule has 0 unspecified atom stereocenters. The van der Waals surface area contributed by atoms with Crippen LogP contribution in [0.4, 0.5) is 0 Å². The van der Waals surface area contributed by atoms with Gasteiger partial charge in [-0.15, -0.1) is 0 Å². The van der Waals surface area contributed by atoms with E-state index in [-0.39, 0.29) is 0 Å². The minimum atomic E-state index is 1.25. The summed E-state index contributed by atoms with van der Waals surface area (Å²) < 4.78 is 0. The molecule has 7 heavy (non-hydrogen) atoms. The van der Waals surface area contributed by atoms with Gasteiger partial charge in [0.15, 0.2) is 0 Å². The van der Waals surface area contributed by atoms with E-state index in [1.807, 2.05) is 27.7 Å². The Bertz CT molecular complexity index is 11.7. The first-order valence-corrected chi connectivity index (χ1v) is 2.87. The minimum absolute atomic E-state index is 1.25. The SMILES string of the molecule is CC.CC.CC=N. The van der Waals surface area contributed by atoms with E-state index in [4.69, 9.17) is 5.41 Å². The summed E-state index contributed by atoms with van der Waals surface area (Å²) >= 11 is 0. The van der Waals surface area contributed by atoms with Gasteiger partial charge < -0.3 is 5.41 Å². The zero-order valence-corrected chi connectivity index (χ0v) is 6.08. The van der Waals surface area contributed by atoms with E-state index in [0.717, 1.165) is 0 Å². The third-order valence-electron chi connectivity index (χ3n) is 0. The van der Waals surface area contributed by atoms with Crippen LogP contribution in [0.25, 0.3) is 0 Å². The van der Waals surface area contributed by atoms with E-state index in [2.05, 4.69) is 0 Å². The van der Waals surface area contributed by atoms with E-state index in [1.54, 1.807) is 6.92 Å². The molecular formula is C6H17N. The van der Waals surface area contributed by atoms with Crippen LogP contribution in [0.3, 0.4) is 0 Å². The lowest BCUT2D eigenvalue weighted by Gasteiger charge is -1.30. The van der Waals surface area contributed by atoms with Gasteiger partial charge >= 0.3 is 0 Å². The highest BCUT2D eigenvalue weighted by molar-refractivity contribution is 5.48. The molecule has 0 saturated heterocycles. The molecule has 0 atom stereocenters. The van der Waals surface area contributed by atoms with Crippen molar-refractivity contribution in [1.29, 1.82) is 5.41 Å². The second-order valence-corrected chi connectivity index (χ2v) is 0.289. The van der Waals surface area contributed by atoms with Crippen LogP contribution >= 0.6 is 0 Å². The molecule has 0 spiro atoms. The van der Waals surface area contributed by atoms with Crippen molar-refractivity contribution in [2.75, 3.05) is 0 Å². The Labute approximate surface area is 47.3 Å². The molecule has 0 saturated carbocycles. The molecule has 0 aromatic heterocycles. The van der Waals surface area contributed by atoms with Crippen LogP contribution in [0.2, 0.25) is 0 Å². The molecule has 0 amide bonds. The van der Waals surface area contributed by atoms with Gasteiger partial charge in [0.1, 0.15) is 0 Å². The fourth-order valence-electron chi connectivity index (χ4n) is 0. The molecule has 1 nitrogen and oxygen atoms in total. The molecule has 0 bridgehead atoms. The van der Waals surface area contributed by atoms with Gasteiger partial charge in [-0.2, -0.15) is 0 Å². The largest absolute Gasteiger partial charge is 0.313 e. The third kappa shape index (κ3) is 701. The first-order chi connectivity index (χ1) is 3.41. The molecule has 0 aliphatic rings. The van der Waals surface area contributed by atoms with Gasteiger partial charge in [0.25, 0.3) is 0 Å². The molecule has 0 heterocycles. The van der Waals surface area contributed by atoms with Crippen LogP contribution in [0.15, 0.2) is 0 Å². The van der Waals surface area contributed by atoms with E-state index >= 15 is 0 Å². The van der Waals surface area contributed by atoms with Gasteiger partial charge in [0, 0.05) is 0 Å². The first kappa shape index (κ1) is 15.9. The molecule has 46 valence electrons. The van der Waals surface area contributed by atoms with Crippen LogP contribution in [0.5, 0.6) is 0 Å². The first-order valence-electron chi connectivity index (χ1n) is 2.87. The van der Waals surface area contributed by atoms with Gasteiger partial charge in [-0.05, 0) is 13.1 Å². The molecule has 1 heteroatoms. The summed E-state index contributed by atoms with van der Waals surface area (Å²) in [6.45, 7) is 9.67. The van der Waals surface area contributed by atoms with Gasteiger partial charge in [-0.3, -0.25) is 0 Å². The van der Waals surface area contributed by atoms with Gasteiger partial charge in [0.2, 0.25) is 0 Å². The molecule has 0 radical (unpaired) electrons. The van der Waals surface area contributed by atoms with Crippen LogP contribution < -0.4 is 0 Å². The highest BCUT2D eigenvalue weighted by atomic mass is 14.3. The Morgan fingerprint density at radius 3 is 1.00 bits per heavy atom. The second kappa shape index (κ2) is 275. The summed E-state index contributed by atoms with van der Waals surface area (Å²) in [6, 6.07) is 0. The lowest BCUT2D eigenvalue weighted by Crippen LogP contribution is -1.32. The average Bonchev–Trinajstić information content (AvgIpc) is 1.78. The molecule has 0 aliphatic carbocycles. The average molecular weight is 103 g/mol. The Kier molecular flexibility index (Phi) is 627. The summed E-state index contributed by atoms with van der Waals surface area (Å²) in [5.41, 5.74) is 0. The number of hydrogen-bond donors (Lipinski definition) is 1. The van der Waals surface area contributed by atoms with Crippen LogP contribution in [-0.2, 0) is 0 Å². The quantitative estimate of drug-likeness (QED) is 0.456. The van der Waals surface area contributed by atoms with Gasteiger partial charge in [-0.1, -0.05) is 27.7 Å². The molecule has 1 N–H and O–H groups in total. The van der Waals surface area contributed by atoms with E-state index in [1.165, 1.54) is 6.21 Å². The molecule has 0 aromatic carbocycles. The molecule has 0 fully saturated rings. The van der Waals surface area contributed by atoms with Gasteiger partial charge in [0.05, 0.1) is 0 Å². The van der Waals surface area contributed by atoms with Crippen molar-refractivity contribution in [2.24, 2.45) is 0 Å². The Hall–Kier alpha value is -0.330. The topological polar surface area (TPSA) is 23.9 Å². The Morgan fingerprint density at radius 2 is 1.00 bits per heavy atom. The standard InChI is InChI=1S/C2H5N.2C2H6/c1-2-3;2*1-2/h2-3H,1H3;2*1-2H3. The van der Waals surface area contributed by atoms with Crippen molar-refractivity contribution in [3.63, 3.8) is 0 Å². The zero-order valence-electron chi connectivity index (χ0n) is 6.08. The smallest absolute Gasteiger partial charge is 0.00788 e. The number of nitrogens with one attached hydrogen (secondary N) is 1. The maximum atomic E-state index is 6.08. The van der Waals surface area contributed by atoms with Gasteiger partial charge in [-0.25, -0.2) is 0 Å². The zero-order chi connectivity index (χ0) is 6.71. The molecule has 0 aliphatic heterocycles. The summed E-state index contributed by atoms with van der Waals surface area (Å²) in [5.74, 6) is 0. The third-order valence-corrected chi connectivity index (χ3v) is 0. The Balaban J connectivity index is -0.0000000360. The summed E-state index contributed by atoms with van der Waals surface area (Å²) in [6.07, 6.45) is 1.25. The lowest BCUT2D eigenvalue weighted by atomic mass is 10.9. The maximum Gasteiger partial charge on any atom is -0.00788 e. The lowest BCUT2D eigenvalue weighted by molar-refractivity contribution is 1.50. The highest BCUT2D eigenvalue weighted by Gasteiger charge is 1.17. The maximum absolute atomic E-state index is 6.08. The molecule has 0 aromatic rings. The normalized spacial score (nSPS) is 3.57. The predicted octanol–water partition coefficient (Wildman–Crippen LogP) is 2.71. The van der Waals surface area contributed by atoms with Crippen LogP contribution in [-0.4, -0.2) is 6.21 Å². The molecule has 0 rings (SSSR count). The fourth-order valence-corrected chi connectivity index (χ4v) is 0. The van der Waals surface area contributed by atoms with Crippen molar-refractivity contribution >= 4 is 6.21 Å². The van der Waals surface area contributed by atoms with Crippen molar-refractivity contribution in [3.05, 3.63) is 0 Å². The van der Waals surface area contributed by atoms with Crippen LogP contribution in [0, 0.1) is 5.41 Å². The molecular weight excluding hydrogens is 86.1 g/mol. The Morgan fingerprint density at radius 1 is 1.00 bits per heavy atom. The minimum Gasteiger partial charge on any atom is -0.313 e. The fraction of sp³-hybridized carbons (Fsp3) is 0.833. The predicted molar refractivity (Wildman–Crippen MR) is 37.2 cm³/mol. The highest BCUT2D eigenvalue weighted by Crippen LogP contribution is 1.17. The van der Waals surface area contributed by atoms with Crippen LogP contribution in [0.1, 0.15) is 34.6 Å². The van der Waals surface area contributed by atoms with E-state index in [9.17, 15) is 0 Å². The number of hydrogen-bond acceptors (Lipinski definition) is 1. The monoisotopic (exact) mass is 103 g/mol. The van der Waals surface area contributed by atoms with Crippen molar-refractivity contribution in [1.82, 2.24) is 0 Å². The number of rotatable bonds is 0. The van der Waals surface area contributed by atoms with E-state index < -0.39 is 0 Å². The van der Waals surface area contributed by atoms with E-state index in [0.29, 0.717) is 0 Å². The van der Waals surface area contributed by atoms with Crippen molar-refractivity contribution in [2.45, 2.75) is 34.6 Å². The van der Waals surface area contributed by atoms with Crippen molar-refractivity contribution < 1.29 is 0 Å². The summed E-state index contributed by atoms with van der Waals surface area (Å²) in [7, 11) is 0. The van der Waals surface area contributed by atoms with Crippen molar-refractivity contribution in [3.8, 4) is 0 Å². The second-order valence-electron chi connectivity index (χ2n) is 0.289. The summed E-state index contributed by atoms with van der Waals surface area (Å²) in [5, 5.41) is 6.08.